The van der Waals surface area contributed by atoms with Crippen LogP contribution in [0.3, 0.4) is 0 Å². The largest absolute Gasteiger partial charge is 0.496 e. The predicted molar refractivity (Wildman–Crippen MR) is 124 cm³/mol. The zero-order valence-corrected chi connectivity index (χ0v) is 19.1. The monoisotopic (exact) mass is 463 g/mol. The van der Waals surface area contributed by atoms with Crippen LogP contribution in [-0.2, 0) is 9.59 Å². The zero-order valence-electron chi connectivity index (χ0n) is 19.1. The van der Waals surface area contributed by atoms with Gasteiger partial charge in [-0.05, 0) is 55.7 Å². The first-order valence-corrected chi connectivity index (χ1v) is 11.9. The minimum absolute atomic E-state index is 0.0457. The Morgan fingerprint density at radius 1 is 1.32 bits per heavy atom. The number of nitriles is 1. The average molecular weight is 464 g/mol. The number of rotatable bonds is 7. The van der Waals surface area contributed by atoms with E-state index < -0.39 is 11.6 Å². The van der Waals surface area contributed by atoms with Gasteiger partial charge >= 0.3 is 0 Å². The Labute approximate surface area is 197 Å². The Balaban J connectivity index is 1.32. The normalized spacial score (nSPS) is 26.8. The van der Waals surface area contributed by atoms with Crippen molar-refractivity contribution < 1.29 is 19.1 Å². The summed E-state index contributed by atoms with van der Waals surface area (Å²) in [4.78, 5) is 41.7. The first kappa shape index (κ1) is 22.3. The van der Waals surface area contributed by atoms with E-state index in [1.165, 1.54) is 0 Å². The molecule has 9 heteroatoms. The van der Waals surface area contributed by atoms with E-state index in [1.54, 1.807) is 13.2 Å². The summed E-state index contributed by atoms with van der Waals surface area (Å²) in [5, 5.41) is 19.4. The molecule has 2 saturated carbocycles. The molecule has 2 aromatic rings. The molecule has 9 nitrogen and oxygen atoms in total. The smallest absolute Gasteiger partial charge is 0.268 e. The number of carbonyl (C=O) groups excluding carboxylic acids is 3. The van der Waals surface area contributed by atoms with Gasteiger partial charge in [-0.2, -0.15) is 5.26 Å². The second kappa shape index (κ2) is 8.67. The highest BCUT2D eigenvalue weighted by Gasteiger charge is 2.48. The van der Waals surface area contributed by atoms with E-state index in [0.717, 1.165) is 23.7 Å². The molecule has 0 bridgehead atoms. The highest BCUT2D eigenvalue weighted by Crippen LogP contribution is 2.39. The first-order chi connectivity index (χ1) is 16.4. The fourth-order valence-electron chi connectivity index (χ4n) is 5.34. The summed E-state index contributed by atoms with van der Waals surface area (Å²) in [6.07, 6.45) is 4.07. The van der Waals surface area contributed by atoms with Crippen molar-refractivity contribution in [3.63, 3.8) is 0 Å². The molecule has 4 unspecified atom stereocenters. The van der Waals surface area contributed by atoms with Gasteiger partial charge in [-0.3, -0.25) is 14.4 Å². The topological polar surface area (TPSA) is 136 Å². The molecule has 178 valence electrons. The number of nitrogens with zero attached hydrogens (tertiary/aromatic N) is 1. The molecule has 1 aliphatic heterocycles. The summed E-state index contributed by atoms with van der Waals surface area (Å²) in [6.45, 7) is 0.634. The summed E-state index contributed by atoms with van der Waals surface area (Å²) in [5.41, 5.74) is 0.00922. The third kappa shape index (κ3) is 4.20. The number of aromatic nitrogens is 1. The molecule has 4 N–H and O–H groups in total. The van der Waals surface area contributed by atoms with Gasteiger partial charge in [-0.15, -0.1) is 0 Å². The molecule has 3 amide bonds. The number of aromatic amines is 1. The van der Waals surface area contributed by atoms with Crippen molar-refractivity contribution in [3.8, 4) is 11.8 Å². The maximum Gasteiger partial charge on any atom is 0.268 e. The predicted octanol–water partition coefficient (Wildman–Crippen LogP) is 2.00. The molecule has 4 atom stereocenters. The minimum Gasteiger partial charge on any atom is -0.496 e. The summed E-state index contributed by atoms with van der Waals surface area (Å²) in [7, 11) is 1.57. The van der Waals surface area contributed by atoms with Crippen molar-refractivity contribution in [2.75, 3.05) is 13.7 Å². The van der Waals surface area contributed by atoms with Crippen LogP contribution >= 0.6 is 0 Å². The van der Waals surface area contributed by atoms with Crippen molar-refractivity contribution in [3.05, 3.63) is 30.0 Å². The highest BCUT2D eigenvalue weighted by atomic mass is 16.5. The SMILES string of the molecule is COc1cccc2[nH]c(C(=O)NC(CC3CC3)C(=O)NC3(C#N)CCC4CNC(=O)C4C3)cc12. The van der Waals surface area contributed by atoms with Gasteiger partial charge in [0.15, 0.2) is 0 Å². The number of methoxy groups -OCH3 is 1. The molecule has 2 heterocycles. The van der Waals surface area contributed by atoms with Gasteiger partial charge < -0.3 is 25.7 Å². The minimum atomic E-state index is -1.10. The molecule has 2 aliphatic carbocycles. The second-order valence-electron chi connectivity index (χ2n) is 9.85. The summed E-state index contributed by atoms with van der Waals surface area (Å²) in [5.74, 6) is 0.195. The van der Waals surface area contributed by atoms with E-state index in [-0.39, 0.29) is 29.6 Å². The number of H-pyrrole nitrogens is 1. The molecule has 1 saturated heterocycles. The molecule has 34 heavy (non-hydrogen) atoms. The van der Waals surface area contributed by atoms with Crippen LogP contribution in [-0.4, -0.2) is 47.9 Å². The number of amides is 3. The molecule has 1 aromatic heterocycles. The van der Waals surface area contributed by atoms with Crippen LogP contribution in [0.1, 0.15) is 49.0 Å². The van der Waals surface area contributed by atoms with Crippen molar-refractivity contribution >= 4 is 28.6 Å². The van der Waals surface area contributed by atoms with E-state index in [1.807, 2.05) is 18.2 Å². The maximum atomic E-state index is 13.3. The van der Waals surface area contributed by atoms with Crippen LogP contribution in [0.15, 0.2) is 24.3 Å². The first-order valence-electron chi connectivity index (χ1n) is 11.9. The van der Waals surface area contributed by atoms with Gasteiger partial charge in [0.25, 0.3) is 5.91 Å². The van der Waals surface area contributed by atoms with Crippen molar-refractivity contribution in [1.82, 2.24) is 20.9 Å². The number of hydrogen-bond acceptors (Lipinski definition) is 5. The van der Waals surface area contributed by atoms with Crippen LogP contribution in [0.2, 0.25) is 0 Å². The number of fused-ring (bicyclic) bond motifs is 2. The molecule has 1 aromatic carbocycles. The van der Waals surface area contributed by atoms with Crippen LogP contribution in [0, 0.1) is 29.1 Å². The lowest BCUT2D eigenvalue weighted by Crippen LogP contribution is -2.57. The third-order valence-electron chi connectivity index (χ3n) is 7.51. The lowest BCUT2D eigenvalue weighted by Gasteiger charge is -2.37. The number of nitrogens with one attached hydrogen (secondary N) is 4. The summed E-state index contributed by atoms with van der Waals surface area (Å²) < 4.78 is 5.37. The van der Waals surface area contributed by atoms with Gasteiger partial charge in [0, 0.05) is 23.4 Å². The van der Waals surface area contributed by atoms with Gasteiger partial charge in [0.1, 0.15) is 23.0 Å². The van der Waals surface area contributed by atoms with Crippen molar-refractivity contribution in [2.45, 2.75) is 50.1 Å². The molecule has 0 radical (unpaired) electrons. The van der Waals surface area contributed by atoms with Crippen LogP contribution in [0.4, 0.5) is 0 Å². The lowest BCUT2D eigenvalue weighted by molar-refractivity contribution is -0.128. The van der Waals surface area contributed by atoms with E-state index in [2.05, 4.69) is 27.0 Å². The summed E-state index contributed by atoms with van der Waals surface area (Å²) >= 11 is 0. The van der Waals surface area contributed by atoms with Gasteiger partial charge in [-0.25, -0.2) is 0 Å². The standard InChI is InChI=1S/C25H29N5O4/c1-34-21-4-2-3-18-16(21)10-20(28-18)23(32)29-19(9-14-5-6-14)24(33)30-25(13-26)8-7-15-12-27-22(31)17(15)11-25/h2-4,10,14-15,17,19,28H,5-9,11-12H2,1H3,(H,27,31)(H,29,32)(H,30,33). The molecular formula is C25H29N5O4. The molecule has 0 spiro atoms. The Hall–Kier alpha value is -3.54. The molecular weight excluding hydrogens is 434 g/mol. The van der Waals surface area contributed by atoms with Crippen molar-refractivity contribution in [2.24, 2.45) is 17.8 Å². The molecule has 3 aliphatic rings. The Morgan fingerprint density at radius 3 is 2.88 bits per heavy atom. The number of hydrogen-bond donors (Lipinski definition) is 4. The van der Waals surface area contributed by atoms with E-state index in [9.17, 15) is 19.6 Å². The van der Waals surface area contributed by atoms with E-state index in [4.69, 9.17) is 4.74 Å². The zero-order chi connectivity index (χ0) is 23.9. The average Bonchev–Trinajstić information content (AvgIpc) is 3.43. The van der Waals surface area contributed by atoms with Crippen LogP contribution in [0.5, 0.6) is 5.75 Å². The van der Waals surface area contributed by atoms with Gasteiger partial charge in [0.05, 0.1) is 13.2 Å². The van der Waals surface area contributed by atoms with Crippen LogP contribution in [0.25, 0.3) is 10.9 Å². The van der Waals surface area contributed by atoms with Crippen LogP contribution < -0.4 is 20.7 Å². The second-order valence-corrected chi connectivity index (χ2v) is 9.85. The molecule has 3 fully saturated rings. The van der Waals surface area contributed by atoms with Crippen molar-refractivity contribution in [1.29, 1.82) is 5.26 Å². The third-order valence-corrected chi connectivity index (χ3v) is 7.51. The molecule has 5 rings (SSSR count). The fourth-order valence-corrected chi connectivity index (χ4v) is 5.34. The van der Waals surface area contributed by atoms with Gasteiger partial charge in [-0.1, -0.05) is 18.9 Å². The Kier molecular flexibility index (Phi) is 5.68. The summed E-state index contributed by atoms with van der Waals surface area (Å²) in [6, 6.07) is 8.75. The maximum absolute atomic E-state index is 13.3. The van der Waals surface area contributed by atoms with Gasteiger partial charge in [0.2, 0.25) is 11.8 Å². The fraction of sp³-hybridized carbons (Fsp3) is 0.520. The van der Waals surface area contributed by atoms with E-state index >= 15 is 0 Å². The lowest BCUT2D eigenvalue weighted by atomic mass is 9.71. The Bertz CT molecular complexity index is 1180. The highest BCUT2D eigenvalue weighted by molar-refractivity contribution is 6.01. The number of ether oxygens (including phenoxy) is 1. The number of benzene rings is 1. The quantitative estimate of drug-likeness (QED) is 0.498. The Morgan fingerprint density at radius 2 is 2.15 bits per heavy atom. The van der Waals surface area contributed by atoms with E-state index in [0.29, 0.717) is 49.6 Å². The number of carbonyl (C=O) groups is 3.